The number of phenols is 1. The Balaban J connectivity index is 1.45. The Hall–Kier alpha value is -2.87. The Morgan fingerprint density at radius 1 is 1.15 bits per heavy atom. The SMILES string of the molecule is Nc1nc2c(c(-c3ccc(O)cc3)n1)CN(C(=O)NCCN1CCCC1)C2. The molecule has 2 aliphatic heterocycles. The predicted molar refractivity (Wildman–Crippen MR) is 102 cm³/mol. The third-order valence-corrected chi connectivity index (χ3v) is 5.13. The van der Waals surface area contributed by atoms with Crippen LogP contribution in [0.2, 0.25) is 0 Å². The van der Waals surface area contributed by atoms with Crippen molar-refractivity contribution in [2.24, 2.45) is 0 Å². The van der Waals surface area contributed by atoms with Gasteiger partial charge in [0.15, 0.2) is 0 Å². The summed E-state index contributed by atoms with van der Waals surface area (Å²) in [6, 6.07) is 6.70. The van der Waals surface area contributed by atoms with E-state index in [1.807, 2.05) is 0 Å². The number of rotatable bonds is 4. The molecule has 0 aliphatic carbocycles. The lowest BCUT2D eigenvalue weighted by Crippen LogP contribution is -2.40. The van der Waals surface area contributed by atoms with E-state index in [-0.39, 0.29) is 17.7 Å². The summed E-state index contributed by atoms with van der Waals surface area (Å²) in [5.74, 6) is 0.379. The van der Waals surface area contributed by atoms with Crippen molar-refractivity contribution in [3.63, 3.8) is 0 Å². The lowest BCUT2D eigenvalue weighted by atomic mass is 10.1. The number of phenolic OH excluding ortho intramolecular Hbond substituents is 1. The van der Waals surface area contributed by atoms with E-state index < -0.39 is 0 Å². The molecule has 0 unspecified atom stereocenters. The van der Waals surface area contributed by atoms with Crippen molar-refractivity contribution in [2.45, 2.75) is 25.9 Å². The fourth-order valence-electron chi connectivity index (χ4n) is 3.71. The summed E-state index contributed by atoms with van der Waals surface area (Å²) in [5.41, 5.74) is 9.11. The second-order valence-electron chi connectivity index (χ2n) is 7.04. The van der Waals surface area contributed by atoms with Crippen LogP contribution in [-0.2, 0) is 13.1 Å². The number of hydrogen-bond donors (Lipinski definition) is 3. The van der Waals surface area contributed by atoms with E-state index in [0.717, 1.165) is 36.5 Å². The number of urea groups is 1. The molecule has 8 nitrogen and oxygen atoms in total. The molecule has 0 radical (unpaired) electrons. The van der Waals surface area contributed by atoms with Gasteiger partial charge >= 0.3 is 6.03 Å². The number of carbonyl (C=O) groups excluding carboxylic acids is 1. The third kappa shape index (κ3) is 3.80. The second kappa shape index (κ2) is 7.40. The van der Waals surface area contributed by atoms with Gasteiger partial charge in [-0.25, -0.2) is 14.8 Å². The number of likely N-dealkylation sites (tertiary alicyclic amines) is 1. The number of amides is 2. The van der Waals surface area contributed by atoms with Gasteiger partial charge in [-0.2, -0.15) is 0 Å². The normalized spacial score (nSPS) is 16.5. The molecule has 2 aliphatic rings. The number of fused-ring (bicyclic) bond motifs is 1. The molecule has 1 aromatic carbocycles. The summed E-state index contributed by atoms with van der Waals surface area (Å²) in [5, 5.41) is 12.5. The standard InChI is InChI=1S/C19H24N6O2/c20-18-22-16-12-25(19(27)21-7-10-24-8-1-2-9-24)11-15(16)17(23-18)13-3-5-14(26)6-4-13/h3-6,26H,1-2,7-12H2,(H,21,27)(H2,20,22,23). The second-order valence-corrected chi connectivity index (χ2v) is 7.04. The molecule has 142 valence electrons. The van der Waals surface area contributed by atoms with Gasteiger partial charge in [0.1, 0.15) is 5.75 Å². The molecule has 2 aromatic rings. The molecule has 4 rings (SSSR count). The summed E-state index contributed by atoms with van der Waals surface area (Å²) >= 11 is 0. The zero-order chi connectivity index (χ0) is 18.8. The maximum Gasteiger partial charge on any atom is 0.318 e. The van der Waals surface area contributed by atoms with Crippen molar-refractivity contribution in [1.82, 2.24) is 25.1 Å². The number of carbonyl (C=O) groups is 1. The first-order valence-electron chi connectivity index (χ1n) is 9.30. The van der Waals surface area contributed by atoms with E-state index in [1.54, 1.807) is 29.2 Å². The Morgan fingerprint density at radius 3 is 2.63 bits per heavy atom. The quantitative estimate of drug-likeness (QED) is 0.756. The average Bonchev–Trinajstić information content (AvgIpc) is 3.31. The van der Waals surface area contributed by atoms with Gasteiger partial charge in [-0.05, 0) is 50.2 Å². The highest BCUT2D eigenvalue weighted by Crippen LogP contribution is 2.31. The van der Waals surface area contributed by atoms with Crippen molar-refractivity contribution in [1.29, 1.82) is 0 Å². The number of nitrogens with zero attached hydrogens (tertiary/aromatic N) is 4. The number of aromatic nitrogens is 2. The number of aromatic hydroxyl groups is 1. The van der Waals surface area contributed by atoms with Gasteiger partial charge in [0.2, 0.25) is 5.95 Å². The molecule has 2 amide bonds. The molecule has 3 heterocycles. The van der Waals surface area contributed by atoms with Gasteiger partial charge in [-0.3, -0.25) is 0 Å². The van der Waals surface area contributed by atoms with Gasteiger partial charge in [0, 0.05) is 24.2 Å². The number of nitrogens with two attached hydrogens (primary N) is 1. The Morgan fingerprint density at radius 2 is 1.89 bits per heavy atom. The first-order valence-corrected chi connectivity index (χ1v) is 9.30. The van der Waals surface area contributed by atoms with Crippen LogP contribution in [0.5, 0.6) is 5.75 Å². The van der Waals surface area contributed by atoms with Crippen LogP contribution in [0.15, 0.2) is 24.3 Å². The lowest BCUT2D eigenvalue weighted by Gasteiger charge is -2.19. The number of benzene rings is 1. The summed E-state index contributed by atoms with van der Waals surface area (Å²) < 4.78 is 0. The molecule has 1 fully saturated rings. The molecular weight excluding hydrogens is 344 g/mol. The number of hydrogen-bond acceptors (Lipinski definition) is 6. The van der Waals surface area contributed by atoms with E-state index in [4.69, 9.17) is 5.73 Å². The van der Waals surface area contributed by atoms with Crippen LogP contribution in [0.3, 0.4) is 0 Å². The maximum atomic E-state index is 12.5. The highest BCUT2D eigenvalue weighted by molar-refractivity contribution is 5.76. The van der Waals surface area contributed by atoms with Crippen LogP contribution in [0.25, 0.3) is 11.3 Å². The molecule has 1 aromatic heterocycles. The van der Waals surface area contributed by atoms with Crippen molar-refractivity contribution in [3.8, 4) is 17.0 Å². The molecule has 0 spiro atoms. The summed E-state index contributed by atoms with van der Waals surface area (Å²) in [6.45, 7) is 4.64. The molecule has 0 atom stereocenters. The van der Waals surface area contributed by atoms with E-state index in [1.165, 1.54) is 12.8 Å². The van der Waals surface area contributed by atoms with Crippen molar-refractivity contribution >= 4 is 12.0 Å². The minimum absolute atomic E-state index is 0.0950. The maximum absolute atomic E-state index is 12.5. The van der Waals surface area contributed by atoms with E-state index in [9.17, 15) is 9.90 Å². The van der Waals surface area contributed by atoms with Crippen molar-refractivity contribution in [3.05, 3.63) is 35.5 Å². The van der Waals surface area contributed by atoms with Crippen LogP contribution < -0.4 is 11.1 Å². The average molecular weight is 368 g/mol. The van der Waals surface area contributed by atoms with Crippen molar-refractivity contribution in [2.75, 3.05) is 31.9 Å². The number of nitrogen functional groups attached to an aromatic ring is 1. The van der Waals surface area contributed by atoms with E-state index >= 15 is 0 Å². The molecular formula is C19H24N6O2. The molecule has 8 heteroatoms. The molecule has 1 saturated heterocycles. The summed E-state index contributed by atoms with van der Waals surface area (Å²) in [7, 11) is 0. The molecule has 27 heavy (non-hydrogen) atoms. The Kier molecular flexibility index (Phi) is 4.81. The van der Waals surface area contributed by atoms with Crippen LogP contribution in [-0.4, -0.2) is 57.1 Å². The van der Waals surface area contributed by atoms with Gasteiger partial charge < -0.3 is 26.0 Å². The molecule has 0 saturated carbocycles. The number of anilines is 1. The predicted octanol–water partition coefficient (Wildman–Crippen LogP) is 1.55. The molecule has 4 N–H and O–H groups in total. The fraction of sp³-hybridized carbons (Fsp3) is 0.421. The zero-order valence-electron chi connectivity index (χ0n) is 15.2. The van der Waals surface area contributed by atoms with E-state index in [0.29, 0.717) is 25.3 Å². The first kappa shape index (κ1) is 17.5. The van der Waals surface area contributed by atoms with Crippen LogP contribution >= 0.6 is 0 Å². The summed E-state index contributed by atoms with van der Waals surface area (Å²) in [4.78, 5) is 25.3. The fourth-order valence-corrected chi connectivity index (χ4v) is 3.71. The van der Waals surface area contributed by atoms with E-state index in [2.05, 4.69) is 20.2 Å². The van der Waals surface area contributed by atoms with Crippen LogP contribution in [0.4, 0.5) is 10.7 Å². The Bertz CT molecular complexity index is 833. The van der Waals surface area contributed by atoms with Gasteiger partial charge in [0.05, 0.1) is 24.5 Å². The third-order valence-electron chi connectivity index (χ3n) is 5.13. The molecule has 0 bridgehead atoms. The zero-order valence-corrected chi connectivity index (χ0v) is 15.2. The highest BCUT2D eigenvalue weighted by atomic mass is 16.3. The van der Waals surface area contributed by atoms with Crippen LogP contribution in [0.1, 0.15) is 24.1 Å². The first-order chi connectivity index (χ1) is 13.1. The highest BCUT2D eigenvalue weighted by Gasteiger charge is 2.28. The van der Waals surface area contributed by atoms with Gasteiger partial charge in [-0.15, -0.1) is 0 Å². The van der Waals surface area contributed by atoms with Gasteiger partial charge in [-0.1, -0.05) is 0 Å². The topological polar surface area (TPSA) is 108 Å². The minimum atomic E-state index is -0.0950. The summed E-state index contributed by atoms with van der Waals surface area (Å²) in [6.07, 6.45) is 2.49. The minimum Gasteiger partial charge on any atom is -0.508 e. The van der Waals surface area contributed by atoms with Crippen molar-refractivity contribution < 1.29 is 9.90 Å². The lowest BCUT2D eigenvalue weighted by molar-refractivity contribution is 0.196. The van der Waals surface area contributed by atoms with Gasteiger partial charge in [0.25, 0.3) is 0 Å². The smallest absolute Gasteiger partial charge is 0.318 e. The largest absolute Gasteiger partial charge is 0.508 e. The monoisotopic (exact) mass is 368 g/mol. The number of nitrogens with one attached hydrogen (secondary N) is 1. The van der Waals surface area contributed by atoms with Crippen LogP contribution in [0, 0.1) is 0 Å². The Labute approximate surface area is 158 Å².